The molecule has 1 aliphatic heterocycles. The number of ether oxygens (including phenoxy) is 1. The number of hydrogen-bond donors (Lipinski definition) is 0. The van der Waals surface area contributed by atoms with Gasteiger partial charge in [0, 0.05) is 57.8 Å². The van der Waals surface area contributed by atoms with E-state index >= 15 is 0 Å². The molecule has 1 fully saturated rings. The van der Waals surface area contributed by atoms with E-state index in [0.29, 0.717) is 18.2 Å². The van der Waals surface area contributed by atoms with E-state index in [0.717, 1.165) is 57.0 Å². The molecule has 0 N–H and O–H groups in total. The highest BCUT2D eigenvalue weighted by Crippen LogP contribution is 2.22. The standard InChI is InChI=1S/C19H29N5O2/c1-4-23-9-7-17(21-23)19(25)22-8-5-6-16(14-22)12-18-20-13-15(2)24(18)10-11-26-3/h7,9,13,16H,4-6,8,10-12,14H2,1-3H3. The van der Waals surface area contributed by atoms with E-state index < -0.39 is 0 Å². The first-order valence-electron chi connectivity index (χ1n) is 9.45. The Bertz CT molecular complexity index is 736. The molecule has 3 rings (SSSR count). The van der Waals surface area contributed by atoms with Crippen LogP contribution in [0.25, 0.3) is 0 Å². The maximum atomic E-state index is 12.8. The SMILES string of the molecule is CCn1ccc(C(=O)N2CCCC(Cc3ncc(C)n3CCOC)C2)n1. The van der Waals surface area contributed by atoms with Gasteiger partial charge in [-0.25, -0.2) is 4.98 Å². The van der Waals surface area contributed by atoms with Gasteiger partial charge < -0.3 is 14.2 Å². The van der Waals surface area contributed by atoms with Crippen LogP contribution in [0.3, 0.4) is 0 Å². The van der Waals surface area contributed by atoms with Crippen LogP contribution in [0.5, 0.6) is 0 Å². The van der Waals surface area contributed by atoms with Crippen LogP contribution in [0.15, 0.2) is 18.5 Å². The van der Waals surface area contributed by atoms with Gasteiger partial charge in [0.05, 0.1) is 6.61 Å². The maximum Gasteiger partial charge on any atom is 0.274 e. The van der Waals surface area contributed by atoms with Gasteiger partial charge in [0.2, 0.25) is 0 Å². The predicted octanol–water partition coefficient (Wildman–Crippen LogP) is 2.15. The highest BCUT2D eigenvalue weighted by atomic mass is 16.5. The van der Waals surface area contributed by atoms with Gasteiger partial charge >= 0.3 is 0 Å². The van der Waals surface area contributed by atoms with Crippen molar-refractivity contribution in [2.75, 3.05) is 26.8 Å². The second-order valence-corrected chi connectivity index (χ2v) is 6.98. The zero-order valence-corrected chi connectivity index (χ0v) is 16.0. The van der Waals surface area contributed by atoms with Crippen molar-refractivity contribution in [2.45, 2.75) is 46.2 Å². The van der Waals surface area contributed by atoms with Crippen LogP contribution >= 0.6 is 0 Å². The van der Waals surface area contributed by atoms with E-state index in [2.05, 4.69) is 21.6 Å². The molecule has 0 spiro atoms. The van der Waals surface area contributed by atoms with Crippen molar-refractivity contribution in [2.24, 2.45) is 5.92 Å². The first-order valence-corrected chi connectivity index (χ1v) is 9.45. The van der Waals surface area contributed by atoms with Gasteiger partial charge in [-0.15, -0.1) is 0 Å². The van der Waals surface area contributed by atoms with Crippen molar-refractivity contribution in [1.82, 2.24) is 24.2 Å². The number of nitrogens with zero attached hydrogens (tertiary/aromatic N) is 5. The molecule has 7 nitrogen and oxygen atoms in total. The molecule has 2 aromatic rings. The number of hydrogen-bond acceptors (Lipinski definition) is 4. The third-order valence-corrected chi connectivity index (χ3v) is 5.12. The van der Waals surface area contributed by atoms with Crippen LogP contribution in [-0.4, -0.2) is 56.9 Å². The molecule has 1 amide bonds. The molecular formula is C19H29N5O2. The fourth-order valence-corrected chi connectivity index (χ4v) is 3.65. The molecule has 26 heavy (non-hydrogen) atoms. The lowest BCUT2D eigenvalue weighted by molar-refractivity contribution is 0.0664. The number of imidazole rings is 1. The summed E-state index contributed by atoms with van der Waals surface area (Å²) in [4.78, 5) is 19.3. The zero-order valence-electron chi connectivity index (χ0n) is 16.0. The Morgan fingerprint density at radius 1 is 1.42 bits per heavy atom. The Hall–Kier alpha value is -2.15. The normalized spacial score (nSPS) is 17.7. The molecule has 2 aromatic heterocycles. The second-order valence-electron chi connectivity index (χ2n) is 6.98. The maximum absolute atomic E-state index is 12.8. The third kappa shape index (κ3) is 4.15. The number of likely N-dealkylation sites (tertiary alicyclic amines) is 1. The molecule has 1 atom stereocenters. The van der Waals surface area contributed by atoms with Crippen LogP contribution in [0.4, 0.5) is 0 Å². The van der Waals surface area contributed by atoms with Gasteiger partial charge in [-0.2, -0.15) is 5.10 Å². The minimum absolute atomic E-state index is 0.0424. The molecule has 0 radical (unpaired) electrons. The summed E-state index contributed by atoms with van der Waals surface area (Å²) in [5, 5.41) is 4.36. The second kappa shape index (κ2) is 8.49. The minimum Gasteiger partial charge on any atom is -0.383 e. The summed E-state index contributed by atoms with van der Waals surface area (Å²) >= 11 is 0. The van der Waals surface area contributed by atoms with Gasteiger partial charge in [0.25, 0.3) is 5.91 Å². The first kappa shape index (κ1) is 18.6. The minimum atomic E-state index is 0.0424. The summed E-state index contributed by atoms with van der Waals surface area (Å²) in [7, 11) is 1.72. The average molecular weight is 359 g/mol. The highest BCUT2D eigenvalue weighted by molar-refractivity contribution is 5.92. The molecule has 1 aliphatic rings. The topological polar surface area (TPSA) is 65.2 Å². The molecule has 142 valence electrons. The van der Waals surface area contributed by atoms with Crippen LogP contribution in [0.1, 0.15) is 41.8 Å². The average Bonchev–Trinajstić information content (AvgIpc) is 3.27. The number of aromatic nitrogens is 4. The van der Waals surface area contributed by atoms with E-state index in [1.54, 1.807) is 11.8 Å². The highest BCUT2D eigenvalue weighted by Gasteiger charge is 2.27. The molecule has 0 aliphatic carbocycles. The molecule has 0 bridgehead atoms. The van der Waals surface area contributed by atoms with Gasteiger partial charge in [-0.05, 0) is 38.7 Å². The summed E-state index contributed by atoms with van der Waals surface area (Å²) in [6.45, 7) is 7.96. The Labute approximate surface area is 155 Å². The summed E-state index contributed by atoms with van der Waals surface area (Å²) in [6.07, 6.45) is 6.84. The third-order valence-electron chi connectivity index (χ3n) is 5.12. The van der Waals surface area contributed by atoms with Gasteiger partial charge in [-0.1, -0.05) is 0 Å². The van der Waals surface area contributed by atoms with Gasteiger partial charge in [0.15, 0.2) is 0 Å². The molecule has 1 saturated heterocycles. The summed E-state index contributed by atoms with van der Waals surface area (Å²) < 4.78 is 9.24. The molecule has 0 aromatic carbocycles. The fourth-order valence-electron chi connectivity index (χ4n) is 3.65. The van der Waals surface area contributed by atoms with Crippen molar-refractivity contribution >= 4 is 5.91 Å². The van der Waals surface area contributed by atoms with E-state index in [1.165, 1.54) is 0 Å². The van der Waals surface area contributed by atoms with Crippen molar-refractivity contribution in [3.63, 3.8) is 0 Å². The number of amides is 1. The number of carbonyl (C=O) groups is 1. The Morgan fingerprint density at radius 2 is 2.27 bits per heavy atom. The van der Waals surface area contributed by atoms with Crippen LogP contribution in [0, 0.1) is 12.8 Å². The number of methoxy groups -OCH3 is 1. The molecule has 7 heteroatoms. The van der Waals surface area contributed by atoms with E-state index in [-0.39, 0.29) is 5.91 Å². The van der Waals surface area contributed by atoms with Gasteiger partial charge in [0.1, 0.15) is 11.5 Å². The predicted molar refractivity (Wildman–Crippen MR) is 99.1 cm³/mol. The number of aryl methyl sites for hydroxylation is 2. The number of carbonyl (C=O) groups excluding carboxylic acids is 1. The summed E-state index contributed by atoms with van der Waals surface area (Å²) in [6, 6.07) is 1.82. The Morgan fingerprint density at radius 3 is 3.00 bits per heavy atom. The molecule has 1 unspecified atom stereocenters. The largest absolute Gasteiger partial charge is 0.383 e. The smallest absolute Gasteiger partial charge is 0.274 e. The molecule has 0 saturated carbocycles. The van der Waals surface area contributed by atoms with E-state index in [9.17, 15) is 4.79 Å². The first-order chi connectivity index (χ1) is 12.6. The van der Waals surface area contributed by atoms with Crippen molar-refractivity contribution in [3.8, 4) is 0 Å². The summed E-state index contributed by atoms with van der Waals surface area (Å²) in [5.41, 5.74) is 1.70. The molecule has 3 heterocycles. The van der Waals surface area contributed by atoms with Crippen LogP contribution in [0.2, 0.25) is 0 Å². The number of rotatable bonds is 7. The lowest BCUT2D eigenvalue weighted by atomic mass is 9.94. The van der Waals surface area contributed by atoms with Crippen LogP contribution in [-0.2, 0) is 24.2 Å². The van der Waals surface area contributed by atoms with Gasteiger partial charge in [-0.3, -0.25) is 9.48 Å². The van der Waals surface area contributed by atoms with Crippen molar-refractivity contribution < 1.29 is 9.53 Å². The zero-order chi connectivity index (χ0) is 18.5. The van der Waals surface area contributed by atoms with Crippen molar-refractivity contribution in [3.05, 3.63) is 35.7 Å². The quantitative estimate of drug-likeness (QED) is 0.760. The van der Waals surface area contributed by atoms with E-state index in [1.807, 2.05) is 30.3 Å². The lowest BCUT2D eigenvalue weighted by Crippen LogP contribution is -2.41. The molecular weight excluding hydrogens is 330 g/mol. The lowest BCUT2D eigenvalue weighted by Gasteiger charge is -2.32. The number of piperidine rings is 1. The fraction of sp³-hybridized carbons (Fsp3) is 0.632. The Balaban J connectivity index is 1.64. The summed E-state index contributed by atoms with van der Waals surface area (Å²) in [5.74, 6) is 1.57. The van der Waals surface area contributed by atoms with Crippen LogP contribution < -0.4 is 0 Å². The monoisotopic (exact) mass is 359 g/mol. The Kier molecular flexibility index (Phi) is 6.08. The van der Waals surface area contributed by atoms with E-state index in [4.69, 9.17) is 4.74 Å². The van der Waals surface area contributed by atoms with Crippen molar-refractivity contribution in [1.29, 1.82) is 0 Å².